The molecular weight excluding hydrogens is 216 g/mol. The Hall–Kier alpha value is -1.51. The number of hydrogen-bond donors (Lipinski definition) is 2. The van der Waals surface area contributed by atoms with Crippen LogP contribution in [0.2, 0.25) is 0 Å². The van der Waals surface area contributed by atoms with Gasteiger partial charge >= 0.3 is 5.97 Å². The lowest BCUT2D eigenvalue weighted by atomic mass is 9.77. The highest BCUT2D eigenvalue weighted by molar-refractivity contribution is 5.70. The van der Waals surface area contributed by atoms with Crippen molar-refractivity contribution in [3.63, 3.8) is 0 Å². The van der Waals surface area contributed by atoms with E-state index in [4.69, 9.17) is 5.11 Å². The summed E-state index contributed by atoms with van der Waals surface area (Å²) in [4.78, 5) is 10.9. The minimum absolute atomic E-state index is 0.00387. The van der Waals surface area contributed by atoms with Gasteiger partial charge in [0.1, 0.15) is 5.75 Å². The van der Waals surface area contributed by atoms with Crippen LogP contribution in [-0.4, -0.2) is 16.2 Å². The second-order valence-electron chi connectivity index (χ2n) is 5.31. The molecule has 0 spiro atoms. The Labute approximate surface area is 102 Å². The fourth-order valence-electron chi connectivity index (χ4n) is 2.39. The molecule has 0 fully saturated rings. The molecule has 17 heavy (non-hydrogen) atoms. The van der Waals surface area contributed by atoms with E-state index in [1.165, 1.54) is 0 Å². The number of aryl methyl sites for hydroxylation is 2. The summed E-state index contributed by atoms with van der Waals surface area (Å²) in [6.07, 6.45) is 0.00387. The van der Waals surface area contributed by atoms with E-state index in [1.807, 2.05) is 40.7 Å². The normalized spacial score (nSPS) is 11.6. The fourth-order valence-corrected chi connectivity index (χ4v) is 2.39. The molecule has 0 aromatic heterocycles. The summed E-state index contributed by atoms with van der Waals surface area (Å²) in [5.74, 6) is -0.624. The molecule has 0 radical (unpaired) electrons. The smallest absolute Gasteiger partial charge is 0.304 e. The van der Waals surface area contributed by atoms with Gasteiger partial charge < -0.3 is 10.2 Å². The largest absolute Gasteiger partial charge is 0.507 e. The molecule has 3 heteroatoms. The van der Waals surface area contributed by atoms with E-state index in [0.29, 0.717) is 0 Å². The molecule has 0 saturated heterocycles. The van der Waals surface area contributed by atoms with Crippen LogP contribution in [0.4, 0.5) is 0 Å². The first kappa shape index (κ1) is 13.6. The van der Waals surface area contributed by atoms with Crippen molar-refractivity contribution in [2.45, 2.75) is 46.5 Å². The lowest BCUT2D eigenvalue weighted by Gasteiger charge is -2.27. The quantitative estimate of drug-likeness (QED) is 0.848. The number of phenolic OH excluding ortho intramolecular Hbond substituents is 1. The van der Waals surface area contributed by atoms with Gasteiger partial charge in [0, 0.05) is 11.0 Å². The molecule has 0 unspecified atom stereocenters. The maximum absolute atomic E-state index is 10.9. The van der Waals surface area contributed by atoms with Crippen molar-refractivity contribution in [3.05, 3.63) is 28.3 Å². The third-order valence-corrected chi connectivity index (χ3v) is 3.28. The van der Waals surface area contributed by atoms with Crippen LogP contribution in [0.15, 0.2) is 6.07 Å². The van der Waals surface area contributed by atoms with Gasteiger partial charge in [0.2, 0.25) is 0 Å². The molecular formula is C14H20O3. The summed E-state index contributed by atoms with van der Waals surface area (Å²) < 4.78 is 0. The minimum atomic E-state index is -0.855. The third kappa shape index (κ3) is 2.60. The molecule has 0 saturated carbocycles. The highest BCUT2D eigenvalue weighted by atomic mass is 16.4. The van der Waals surface area contributed by atoms with Gasteiger partial charge in [-0.3, -0.25) is 4.79 Å². The standard InChI is InChI=1S/C14H20O3/c1-8-6-9(2)12(13(17)10(8)3)14(4,5)7-11(15)16/h6,17H,7H2,1-5H3,(H,15,16). The second kappa shape index (κ2) is 4.40. The van der Waals surface area contributed by atoms with E-state index in [9.17, 15) is 9.90 Å². The molecule has 2 N–H and O–H groups in total. The lowest BCUT2D eigenvalue weighted by molar-refractivity contribution is -0.138. The molecule has 0 amide bonds. The number of rotatable bonds is 3. The predicted octanol–water partition coefficient (Wildman–Crippen LogP) is 3.07. The van der Waals surface area contributed by atoms with E-state index in [2.05, 4.69) is 0 Å². The predicted molar refractivity (Wildman–Crippen MR) is 67.6 cm³/mol. The van der Waals surface area contributed by atoms with E-state index in [-0.39, 0.29) is 12.2 Å². The average Bonchev–Trinajstić information content (AvgIpc) is 2.11. The van der Waals surface area contributed by atoms with Crippen molar-refractivity contribution in [1.29, 1.82) is 0 Å². The molecule has 0 atom stereocenters. The van der Waals surface area contributed by atoms with Crippen molar-refractivity contribution in [3.8, 4) is 5.75 Å². The van der Waals surface area contributed by atoms with Crippen LogP contribution in [0.3, 0.4) is 0 Å². The molecule has 3 nitrogen and oxygen atoms in total. The maximum atomic E-state index is 10.9. The fraction of sp³-hybridized carbons (Fsp3) is 0.500. The Balaban J connectivity index is 3.40. The summed E-state index contributed by atoms with van der Waals surface area (Å²) in [7, 11) is 0. The summed E-state index contributed by atoms with van der Waals surface area (Å²) in [6.45, 7) is 9.39. The van der Waals surface area contributed by atoms with Crippen LogP contribution in [0, 0.1) is 20.8 Å². The van der Waals surface area contributed by atoms with E-state index in [1.54, 1.807) is 0 Å². The first-order valence-corrected chi connectivity index (χ1v) is 5.69. The van der Waals surface area contributed by atoms with Gasteiger partial charge in [0.15, 0.2) is 0 Å². The van der Waals surface area contributed by atoms with Crippen LogP contribution in [0.25, 0.3) is 0 Å². The molecule has 0 heterocycles. The first-order chi connectivity index (χ1) is 7.66. The SMILES string of the molecule is Cc1cc(C)c(C(C)(C)CC(=O)O)c(O)c1C. The Morgan fingerprint density at radius 1 is 1.24 bits per heavy atom. The van der Waals surface area contributed by atoms with Crippen molar-refractivity contribution >= 4 is 5.97 Å². The highest BCUT2D eigenvalue weighted by Gasteiger charge is 2.29. The molecule has 94 valence electrons. The van der Waals surface area contributed by atoms with Crippen molar-refractivity contribution in [2.75, 3.05) is 0 Å². The molecule has 1 aromatic carbocycles. The molecule has 0 bridgehead atoms. The topological polar surface area (TPSA) is 57.5 Å². The van der Waals surface area contributed by atoms with Gasteiger partial charge in [0.25, 0.3) is 0 Å². The van der Waals surface area contributed by atoms with Crippen molar-refractivity contribution < 1.29 is 15.0 Å². The molecule has 1 rings (SSSR count). The number of hydrogen-bond acceptors (Lipinski definition) is 2. The summed E-state index contributed by atoms with van der Waals surface area (Å²) >= 11 is 0. The minimum Gasteiger partial charge on any atom is -0.507 e. The van der Waals surface area contributed by atoms with Crippen molar-refractivity contribution in [1.82, 2.24) is 0 Å². The monoisotopic (exact) mass is 236 g/mol. The van der Waals surface area contributed by atoms with E-state index in [0.717, 1.165) is 22.3 Å². The zero-order valence-electron chi connectivity index (χ0n) is 11.1. The Kier molecular flexibility index (Phi) is 3.51. The van der Waals surface area contributed by atoms with E-state index >= 15 is 0 Å². The summed E-state index contributed by atoms with van der Waals surface area (Å²) in [5.41, 5.74) is 2.96. The summed E-state index contributed by atoms with van der Waals surface area (Å²) in [6, 6.07) is 1.99. The maximum Gasteiger partial charge on any atom is 0.304 e. The van der Waals surface area contributed by atoms with Gasteiger partial charge in [-0.25, -0.2) is 0 Å². The Morgan fingerprint density at radius 3 is 2.24 bits per heavy atom. The molecule has 0 aliphatic carbocycles. The average molecular weight is 236 g/mol. The number of aliphatic carboxylic acids is 1. The number of aromatic hydroxyl groups is 1. The number of carbonyl (C=O) groups is 1. The lowest BCUT2D eigenvalue weighted by Crippen LogP contribution is -2.23. The van der Waals surface area contributed by atoms with Gasteiger partial charge in [0.05, 0.1) is 6.42 Å². The molecule has 0 aliphatic rings. The Bertz CT molecular complexity index is 459. The summed E-state index contributed by atoms with van der Waals surface area (Å²) in [5, 5.41) is 19.1. The zero-order chi connectivity index (χ0) is 13.4. The van der Waals surface area contributed by atoms with Gasteiger partial charge in [-0.1, -0.05) is 19.9 Å². The number of phenols is 1. The number of carboxylic acid groups (broad SMARTS) is 1. The first-order valence-electron chi connectivity index (χ1n) is 5.69. The number of benzene rings is 1. The second-order valence-corrected chi connectivity index (χ2v) is 5.31. The van der Waals surface area contributed by atoms with Crippen LogP contribution in [-0.2, 0) is 10.2 Å². The molecule has 0 aliphatic heterocycles. The van der Waals surface area contributed by atoms with Crippen LogP contribution >= 0.6 is 0 Å². The van der Waals surface area contributed by atoms with Gasteiger partial charge in [-0.05, 0) is 37.5 Å². The van der Waals surface area contributed by atoms with Gasteiger partial charge in [-0.15, -0.1) is 0 Å². The van der Waals surface area contributed by atoms with Crippen molar-refractivity contribution in [2.24, 2.45) is 0 Å². The van der Waals surface area contributed by atoms with Crippen LogP contribution < -0.4 is 0 Å². The van der Waals surface area contributed by atoms with Gasteiger partial charge in [-0.2, -0.15) is 0 Å². The highest BCUT2D eigenvalue weighted by Crippen LogP contribution is 2.39. The number of carboxylic acids is 1. The zero-order valence-corrected chi connectivity index (χ0v) is 11.1. The van der Waals surface area contributed by atoms with Crippen LogP contribution in [0.5, 0.6) is 5.75 Å². The Morgan fingerprint density at radius 2 is 1.76 bits per heavy atom. The molecule has 1 aromatic rings. The van der Waals surface area contributed by atoms with Crippen LogP contribution in [0.1, 0.15) is 42.5 Å². The third-order valence-electron chi connectivity index (χ3n) is 3.28. The van der Waals surface area contributed by atoms with E-state index < -0.39 is 11.4 Å².